The van der Waals surface area contributed by atoms with Crippen molar-refractivity contribution in [2.75, 3.05) is 13.2 Å². The SMILES string of the molecule is CC(C)CC(NC(=O)c1ccc(C(C)C)cc1)C(=O)N1CCC2OCC(=O)C21. The topological polar surface area (TPSA) is 75.7 Å². The number of hydrogen-bond donors (Lipinski definition) is 1. The molecule has 2 fully saturated rings. The van der Waals surface area contributed by atoms with E-state index in [4.69, 9.17) is 4.74 Å². The highest BCUT2D eigenvalue weighted by molar-refractivity contribution is 5.99. The summed E-state index contributed by atoms with van der Waals surface area (Å²) < 4.78 is 5.48. The lowest BCUT2D eigenvalue weighted by Gasteiger charge is -2.28. The number of nitrogens with one attached hydrogen (secondary N) is 1. The van der Waals surface area contributed by atoms with Gasteiger partial charge >= 0.3 is 0 Å². The highest BCUT2D eigenvalue weighted by Gasteiger charge is 2.48. The molecule has 0 aliphatic carbocycles. The Balaban J connectivity index is 1.73. The molecule has 28 heavy (non-hydrogen) atoms. The van der Waals surface area contributed by atoms with Crippen molar-refractivity contribution in [3.8, 4) is 0 Å². The molecular formula is C22H30N2O4. The lowest BCUT2D eigenvalue weighted by Crippen LogP contribution is -2.52. The van der Waals surface area contributed by atoms with Gasteiger partial charge in [0.05, 0.1) is 6.10 Å². The van der Waals surface area contributed by atoms with E-state index in [1.165, 1.54) is 0 Å². The van der Waals surface area contributed by atoms with Gasteiger partial charge in [0.25, 0.3) is 5.91 Å². The minimum Gasteiger partial charge on any atom is -0.368 e. The maximum absolute atomic E-state index is 13.2. The van der Waals surface area contributed by atoms with Crippen molar-refractivity contribution in [3.05, 3.63) is 35.4 Å². The van der Waals surface area contributed by atoms with Crippen LogP contribution >= 0.6 is 0 Å². The van der Waals surface area contributed by atoms with Crippen LogP contribution in [0.4, 0.5) is 0 Å². The summed E-state index contributed by atoms with van der Waals surface area (Å²) in [5.41, 5.74) is 1.69. The van der Waals surface area contributed by atoms with Crippen LogP contribution in [0, 0.1) is 5.92 Å². The monoisotopic (exact) mass is 386 g/mol. The Hall–Kier alpha value is -2.21. The van der Waals surface area contributed by atoms with Gasteiger partial charge in [-0.2, -0.15) is 0 Å². The van der Waals surface area contributed by atoms with E-state index in [1.807, 2.05) is 26.0 Å². The maximum atomic E-state index is 13.2. The lowest BCUT2D eigenvalue weighted by atomic mass is 10.00. The van der Waals surface area contributed by atoms with E-state index in [0.717, 1.165) is 5.56 Å². The van der Waals surface area contributed by atoms with Gasteiger partial charge in [-0.25, -0.2) is 0 Å². The third-order valence-corrected chi connectivity index (χ3v) is 5.55. The number of likely N-dealkylation sites (tertiary alicyclic amines) is 1. The van der Waals surface area contributed by atoms with Crippen LogP contribution in [0.2, 0.25) is 0 Å². The summed E-state index contributed by atoms with van der Waals surface area (Å²) in [4.78, 5) is 39.7. The van der Waals surface area contributed by atoms with E-state index in [-0.39, 0.29) is 36.2 Å². The second kappa shape index (κ2) is 8.43. The third-order valence-electron chi connectivity index (χ3n) is 5.55. The van der Waals surface area contributed by atoms with Crippen molar-refractivity contribution in [1.82, 2.24) is 10.2 Å². The molecule has 1 N–H and O–H groups in total. The average molecular weight is 386 g/mol. The summed E-state index contributed by atoms with van der Waals surface area (Å²) in [5, 5.41) is 2.90. The van der Waals surface area contributed by atoms with Crippen LogP contribution < -0.4 is 5.32 Å². The van der Waals surface area contributed by atoms with Gasteiger partial charge in [-0.15, -0.1) is 0 Å². The molecule has 2 aliphatic heterocycles. The number of nitrogens with zero attached hydrogens (tertiary/aromatic N) is 1. The zero-order chi connectivity index (χ0) is 20.4. The van der Waals surface area contributed by atoms with Gasteiger partial charge in [0.2, 0.25) is 5.91 Å². The number of benzene rings is 1. The van der Waals surface area contributed by atoms with Crippen molar-refractivity contribution in [3.63, 3.8) is 0 Å². The Morgan fingerprint density at radius 3 is 2.46 bits per heavy atom. The Bertz CT molecular complexity index is 741. The molecule has 6 nitrogen and oxygen atoms in total. The second-order valence-electron chi connectivity index (χ2n) is 8.51. The molecule has 0 saturated carbocycles. The molecule has 0 aromatic heterocycles. The van der Waals surface area contributed by atoms with Crippen molar-refractivity contribution >= 4 is 17.6 Å². The maximum Gasteiger partial charge on any atom is 0.251 e. The zero-order valence-electron chi connectivity index (χ0n) is 17.1. The molecule has 3 rings (SSSR count). The third kappa shape index (κ3) is 4.27. The lowest BCUT2D eigenvalue weighted by molar-refractivity contribution is -0.138. The van der Waals surface area contributed by atoms with Crippen molar-refractivity contribution in [2.45, 2.75) is 64.6 Å². The van der Waals surface area contributed by atoms with Crippen LogP contribution in [0.1, 0.15) is 62.4 Å². The average Bonchev–Trinajstić information content (AvgIpc) is 3.23. The first-order chi connectivity index (χ1) is 13.3. The number of rotatable bonds is 6. The number of ether oxygens (including phenoxy) is 1. The molecule has 0 radical (unpaired) electrons. The molecule has 1 aromatic rings. The number of Topliss-reactive ketones (excluding diaryl/α,β-unsaturated/α-hetero) is 1. The fourth-order valence-corrected chi connectivity index (χ4v) is 4.00. The summed E-state index contributed by atoms with van der Waals surface area (Å²) in [7, 11) is 0. The van der Waals surface area contributed by atoms with Gasteiger partial charge in [-0.3, -0.25) is 14.4 Å². The molecule has 6 heteroatoms. The van der Waals surface area contributed by atoms with E-state index in [9.17, 15) is 14.4 Å². The van der Waals surface area contributed by atoms with E-state index in [2.05, 4.69) is 19.2 Å². The molecule has 3 unspecified atom stereocenters. The smallest absolute Gasteiger partial charge is 0.251 e. The standard InChI is InChI=1S/C22H30N2O4/c1-13(2)11-17(22(27)24-10-9-19-20(24)18(25)12-28-19)23-21(26)16-7-5-15(6-8-16)14(3)4/h5-8,13-14,17,19-20H,9-12H2,1-4H3,(H,23,26). The first-order valence-corrected chi connectivity index (χ1v) is 10.1. The Kier molecular flexibility index (Phi) is 6.18. The van der Waals surface area contributed by atoms with Crippen molar-refractivity contribution in [2.24, 2.45) is 5.92 Å². The first kappa shape index (κ1) is 20.5. The van der Waals surface area contributed by atoms with Gasteiger partial charge in [-0.05, 0) is 42.4 Å². The number of hydrogen-bond acceptors (Lipinski definition) is 4. The van der Waals surface area contributed by atoms with Crippen molar-refractivity contribution in [1.29, 1.82) is 0 Å². The quantitative estimate of drug-likeness (QED) is 0.815. The highest BCUT2D eigenvalue weighted by Crippen LogP contribution is 2.28. The number of amides is 2. The number of carbonyl (C=O) groups is 3. The first-order valence-electron chi connectivity index (χ1n) is 10.1. The van der Waals surface area contributed by atoms with Crippen LogP contribution in [0.3, 0.4) is 0 Å². The molecule has 1 aromatic carbocycles. The minimum absolute atomic E-state index is 0.0465. The summed E-state index contributed by atoms with van der Waals surface area (Å²) in [6.45, 7) is 8.80. The van der Waals surface area contributed by atoms with Crippen LogP contribution in [0.25, 0.3) is 0 Å². The van der Waals surface area contributed by atoms with Crippen LogP contribution in [-0.2, 0) is 14.3 Å². The number of carbonyl (C=O) groups excluding carboxylic acids is 3. The van der Waals surface area contributed by atoms with E-state index >= 15 is 0 Å². The largest absolute Gasteiger partial charge is 0.368 e. The Morgan fingerprint density at radius 2 is 1.86 bits per heavy atom. The number of fused-ring (bicyclic) bond motifs is 1. The molecule has 2 aliphatic rings. The predicted octanol–water partition coefficient (Wildman–Crippen LogP) is 2.52. The molecule has 2 amide bonds. The normalized spacial score (nSPS) is 22.6. The highest BCUT2D eigenvalue weighted by atomic mass is 16.5. The Morgan fingerprint density at radius 1 is 1.18 bits per heavy atom. The second-order valence-corrected chi connectivity index (χ2v) is 8.51. The summed E-state index contributed by atoms with van der Waals surface area (Å²) in [5.74, 6) is 0.120. The van der Waals surface area contributed by atoms with E-state index in [0.29, 0.717) is 30.9 Å². The molecule has 2 heterocycles. The fraction of sp³-hybridized carbons (Fsp3) is 0.591. The van der Waals surface area contributed by atoms with E-state index in [1.54, 1.807) is 17.0 Å². The molecule has 3 atom stereocenters. The number of ketones is 1. The minimum atomic E-state index is -0.649. The van der Waals surface area contributed by atoms with Crippen LogP contribution in [-0.4, -0.2) is 53.8 Å². The molecule has 152 valence electrons. The van der Waals surface area contributed by atoms with Gasteiger partial charge < -0.3 is 15.0 Å². The van der Waals surface area contributed by atoms with Gasteiger partial charge in [0, 0.05) is 12.1 Å². The fourth-order valence-electron chi connectivity index (χ4n) is 4.00. The van der Waals surface area contributed by atoms with E-state index < -0.39 is 12.1 Å². The summed E-state index contributed by atoms with van der Waals surface area (Å²) >= 11 is 0. The predicted molar refractivity (Wildman–Crippen MR) is 106 cm³/mol. The van der Waals surface area contributed by atoms with Crippen LogP contribution in [0.5, 0.6) is 0 Å². The molecule has 0 spiro atoms. The molecule has 2 saturated heterocycles. The molecule has 0 bridgehead atoms. The molecular weight excluding hydrogens is 356 g/mol. The van der Waals surface area contributed by atoms with Gasteiger partial charge in [0.1, 0.15) is 18.7 Å². The zero-order valence-corrected chi connectivity index (χ0v) is 17.1. The summed E-state index contributed by atoms with van der Waals surface area (Å²) in [6.07, 6.45) is 0.995. The van der Waals surface area contributed by atoms with Gasteiger partial charge in [-0.1, -0.05) is 39.8 Å². The van der Waals surface area contributed by atoms with Crippen LogP contribution in [0.15, 0.2) is 24.3 Å². The van der Waals surface area contributed by atoms with Crippen molar-refractivity contribution < 1.29 is 19.1 Å². The van der Waals surface area contributed by atoms with Gasteiger partial charge in [0.15, 0.2) is 5.78 Å². The Labute approximate surface area is 166 Å². The summed E-state index contributed by atoms with van der Waals surface area (Å²) in [6, 6.07) is 6.33.